The Bertz CT molecular complexity index is 871. The van der Waals surface area contributed by atoms with Crippen LogP contribution in [0.1, 0.15) is 113 Å². The highest BCUT2D eigenvalue weighted by atomic mass is 16.5. The molecule has 210 valence electrons. The van der Waals surface area contributed by atoms with Gasteiger partial charge in [0, 0.05) is 18.4 Å². The van der Waals surface area contributed by atoms with Gasteiger partial charge in [-0.3, -0.25) is 9.59 Å². The highest BCUT2D eigenvalue weighted by molar-refractivity contribution is 5.89. The Labute approximate surface area is 226 Å². The summed E-state index contributed by atoms with van der Waals surface area (Å²) in [6.07, 6.45) is 12.8. The van der Waals surface area contributed by atoms with Crippen molar-refractivity contribution in [3.05, 3.63) is 23.3 Å². The highest BCUT2D eigenvalue weighted by Crippen LogP contribution is 2.51. The maximum Gasteiger partial charge on any atom is 0.307 e. The lowest BCUT2D eigenvalue weighted by Gasteiger charge is -2.48. The summed E-state index contributed by atoms with van der Waals surface area (Å²) in [5.41, 5.74) is 3.51. The molecule has 0 spiro atoms. The number of carboxylic acids is 1. The molecule has 0 aromatic heterocycles. The van der Waals surface area contributed by atoms with E-state index in [1.165, 1.54) is 25.7 Å². The lowest BCUT2D eigenvalue weighted by atomic mass is 9.56. The van der Waals surface area contributed by atoms with Crippen LogP contribution in [0.4, 0.5) is 0 Å². The summed E-state index contributed by atoms with van der Waals surface area (Å²) in [4.78, 5) is 25.2. The molecule has 0 saturated heterocycles. The molecule has 4 nitrogen and oxygen atoms in total. The van der Waals surface area contributed by atoms with Crippen molar-refractivity contribution in [3.8, 4) is 0 Å². The SMILES string of the molecule is CCC(C)(C)CC(C(=C1CC1)C(C)OCCC(C)(C)C1CC[C@H]1C(=O)C1CC=CCC1C(=O)O)C(C)C. The van der Waals surface area contributed by atoms with Crippen molar-refractivity contribution in [1.82, 2.24) is 0 Å². The van der Waals surface area contributed by atoms with E-state index in [4.69, 9.17) is 4.74 Å². The van der Waals surface area contributed by atoms with E-state index in [0.717, 1.165) is 19.3 Å². The van der Waals surface area contributed by atoms with Gasteiger partial charge in [-0.2, -0.15) is 0 Å². The fraction of sp³-hybridized carbons (Fsp3) is 0.818. The van der Waals surface area contributed by atoms with E-state index in [0.29, 0.717) is 42.6 Å². The first kappa shape index (κ1) is 30.1. The molecule has 3 aliphatic carbocycles. The van der Waals surface area contributed by atoms with Crippen molar-refractivity contribution >= 4 is 11.8 Å². The molecule has 2 fully saturated rings. The lowest BCUT2D eigenvalue weighted by molar-refractivity contribution is -0.150. The zero-order valence-corrected chi connectivity index (χ0v) is 24.9. The zero-order chi connectivity index (χ0) is 27.5. The number of hydrogen-bond acceptors (Lipinski definition) is 3. The summed E-state index contributed by atoms with van der Waals surface area (Å²) in [6.45, 7) is 19.3. The lowest BCUT2D eigenvalue weighted by Crippen LogP contribution is -2.47. The van der Waals surface area contributed by atoms with Gasteiger partial charge in [0.1, 0.15) is 5.78 Å². The zero-order valence-electron chi connectivity index (χ0n) is 24.9. The van der Waals surface area contributed by atoms with Crippen molar-refractivity contribution in [3.63, 3.8) is 0 Å². The molecule has 0 aromatic rings. The Kier molecular flexibility index (Phi) is 9.92. The van der Waals surface area contributed by atoms with E-state index >= 15 is 0 Å². The number of ether oxygens (including phenoxy) is 1. The molecule has 1 N–H and O–H groups in total. The molecule has 0 heterocycles. The second-order valence-electron chi connectivity index (χ2n) is 14.1. The molecule has 37 heavy (non-hydrogen) atoms. The standard InChI is InChI=1S/C33H54O4/c1-9-32(5,6)20-27(21(2)3)29(23-14-15-23)22(4)37-19-18-33(7,8)28-17-16-26(28)30(34)24-12-10-11-13-25(24)31(35)36/h10-11,21-22,24-28H,9,12-20H2,1-8H3,(H,35,36)/t22?,24?,25?,26-,27?,28?/m1/s1. The van der Waals surface area contributed by atoms with Gasteiger partial charge in [-0.05, 0) is 92.4 Å². The molecule has 3 rings (SSSR count). The summed E-state index contributed by atoms with van der Waals surface area (Å²) in [5.74, 6) is -0.0942. The summed E-state index contributed by atoms with van der Waals surface area (Å²) in [6, 6.07) is 0. The van der Waals surface area contributed by atoms with Crippen LogP contribution >= 0.6 is 0 Å². The maximum absolute atomic E-state index is 13.4. The minimum Gasteiger partial charge on any atom is -0.481 e. The average molecular weight is 515 g/mol. The van der Waals surface area contributed by atoms with Gasteiger partial charge in [-0.1, -0.05) is 72.6 Å². The Hall–Kier alpha value is -1.42. The third kappa shape index (κ3) is 7.37. The molecular formula is C33H54O4. The van der Waals surface area contributed by atoms with Crippen LogP contribution in [0.5, 0.6) is 0 Å². The topological polar surface area (TPSA) is 63.6 Å². The van der Waals surface area contributed by atoms with Crippen LogP contribution in [0.15, 0.2) is 23.3 Å². The van der Waals surface area contributed by atoms with E-state index in [9.17, 15) is 14.7 Å². The predicted molar refractivity (Wildman–Crippen MR) is 151 cm³/mol. The number of aliphatic carboxylic acids is 1. The van der Waals surface area contributed by atoms with Crippen molar-refractivity contribution in [2.45, 2.75) is 119 Å². The maximum atomic E-state index is 13.4. The molecule has 0 radical (unpaired) electrons. The number of carbonyl (C=O) groups is 2. The first-order chi connectivity index (χ1) is 17.3. The normalized spacial score (nSPS) is 27.5. The number of carbonyl (C=O) groups excluding carboxylic acids is 1. The van der Waals surface area contributed by atoms with Gasteiger partial charge in [0.2, 0.25) is 0 Å². The van der Waals surface area contributed by atoms with Gasteiger partial charge < -0.3 is 9.84 Å². The highest BCUT2D eigenvalue weighted by Gasteiger charge is 2.48. The second-order valence-corrected chi connectivity index (χ2v) is 14.1. The number of carboxylic acid groups (broad SMARTS) is 1. The summed E-state index contributed by atoms with van der Waals surface area (Å²) < 4.78 is 6.57. The third-order valence-corrected chi connectivity index (χ3v) is 10.2. The molecule has 4 heteroatoms. The van der Waals surface area contributed by atoms with Gasteiger partial charge in [0.15, 0.2) is 0 Å². The monoisotopic (exact) mass is 514 g/mol. The smallest absolute Gasteiger partial charge is 0.307 e. The van der Waals surface area contributed by atoms with Crippen molar-refractivity contribution < 1.29 is 19.4 Å². The molecule has 0 amide bonds. The largest absolute Gasteiger partial charge is 0.481 e. The Morgan fingerprint density at radius 1 is 1.00 bits per heavy atom. The molecule has 3 aliphatic rings. The molecule has 0 aromatic carbocycles. The Morgan fingerprint density at radius 3 is 2.11 bits per heavy atom. The van der Waals surface area contributed by atoms with Gasteiger partial charge in [-0.25, -0.2) is 0 Å². The van der Waals surface area contributed by atoms with Crippen LogP contribution in [0.25, 0.3) is 0 Å². The first-order valence-electron chi connectivity index (χ1n) is 15.0. The molecule has 2 saturated carbocycles. The van der Waals surface area contributed by atoms with Crippen molar-refractivity contribution in [2.24, 2.45) is 46.3 Å². The van der Waals surface area contributed by atoms with E-state index < -0.39 is 11.9 Å². The summed E-state index contributed by atoms with van der Waals surface area (Å²) in [7, 11) is 0. The van der Waals surface area contributed by atoms with E-state index in [-0.39, 0.29) is 29.1 Å². The first-order valence-corrected chi connectivity index (χ1v) is 15.0. The van der Waals surface area contributed by atoms with E-state index in [2.05, 4.69) is 55.4 Å². The van der Waals surface area contributed by atoms with Crippen LogP contribution in [-0.4, -0.2) is 29.6 Å². The van der Waals surface area contributed by atoms with Gasteiger partial charge in [-0.15, -0.1) is 0 Å². The van der Waals surface area contributed by atoms with Gasteiger partial charge in [0.05, 0.1) is 12.0 Å². The molecule has 5 unspecified atom stereocenters. The average Bonchev–Trinajstić information content (AvgIpc) is 3.62. The van der Waals surface area contributed by atoms with Crippen LogP contribution < -0.4 is 0 Å². The quantitative estimate of drug-likeness (QED) is 0.237. The third-order valence-electron chi connectivity index (χ3n) is 10.2. The van der Waals surface area contributed by atoms with E-state index in [1.807, 2.05) is 12.2 Å². The Balaban J connectivity index is 1.60. The molecular weight excluding hydrogens is 460 g/mol. The predicted octanol–water partition coefficient (Wildman–Crippen LogP) is 8.26. The molecule has 0 aliphatic heterocycles. The van der Waals surface area contributed by atoms with E-state index in [1.54, 1.807) is 11.1 Å². The summed E-state index contributed by atoms with van der Waals surface area (Å²) in [5, 5.41) is 9.66. The molecule has 0 bridgehead atoms. The molecule has 6 atom stereocenters. The minimum absolute atomic E-state index is 0.00323. The van der Waals surface area contributed by atoms with Gasteiger partial charge in [0.25, 0.3) is 0 Å². The second kappa shape index (κ2) is 12.2. The number of hydrogen-bond donors (Lipinski definition) is 1. The number of allylic oxidation sites excluding steroid dienone is 3. The number of Topliss-reactive ketones (excluding diaryl/α,β-unsaturated/α-hetero) is 1. The fourth-order valence-corrected chi connectivity index (χ4v) is 6.87. The Morgan fingerprint density at radius 2 is 1.62 bits per heavy atom. The van der Waals surface area contributed by atoms with Crippen LogP contribution in [-0.2, 0) is 14.3 Å². The van der Waals surface area contributed by atoms with Crippen LogP contribution in [0.3, 0.4) is 0 Å². The summed E-state index contributed by atoms with van der Waals surface area (Å²) >= 11 is 0. The van der Waals surface area contributed by atoms with Crippen molar-refractivity contribution in [2.75, 3.05) is 6.61 Å². The van der Waals surface area contributed by atoms with Crippen molar-refractivity contribution in [1.29, 1.82) is 0 Å². The van der Waals surface area contributed by atoms with Crippen LogP contribution in [0, 0.1) is 46.3 Å². The number of ketones is 1. The van der Waals surface area contributed by atoms with Crippen LogP contribution in [0.2, 0.25) is 0 Å². The van der Waals surface area contributed by atoms with Gasteiger partial charge >= 0.3 is 5.97 Å². The minimum atomic E-state index is -0.831. The fourth-order valence-electron chi connectivity index (χ4n) is 6.87. The number of rotatable bonds is 14.